The number of nitrogens with two attached hydrogens (primary N) is 1. The first-order chi connectivity index (χ1) is 25.7. The van der Waals surface area contributed by atoms with Crippen molar-refractivity contribution >= 4 is 39.0 Å². The fraction of sp³-hybridized carbons (Fsp3) is 0.149. The Balaban J connectivity index is 1.28. The van der Waals surface area contributed by atoms with E-state index in [1.165, 1.54) is 5.56 Å². The Morgan fingerprint density at radius 1 is 0.673 bits per heavy atom. The molecule has 5 heteroatoms. The van der Waals surface area contributed by atoms with Crippen LogP contribution in [-0.4, -0.2) is 18.0 Å². The highest BCUT2D eigenvalue weighted by molar-refractivity contribution is 6.07. The maximum Gasteiger partial charge on any atom is 0.142 e. The number of aryl methyl sites for hydroxylation is 1. The molecule has 0 saturated carbocycles. The average molecular weight is 680 g/mol. The van der Waals surface area contributed by atoms with Gasteiger partial charge in [0.2, 0.25) is 0 Å². The third-order valence-electron chi connectivity index (χ3n) is 10.6. The number of rotatable bonds is 8. The van der Waals surface area contributed by atoms with E-state index in [-0.39, 0.29) is 12.2 Å². The molecule has 5 aromatic carbocycles. The molecule has 0 amide bonds. The topological polar surface area (TPSA) is 67.6 Å². The van der Waals surface area contributed by atoms with Crippen molar-refractivity contribution in [1.29, 1.82) is 0 Å². The number of hydrogen-bond donors (Lipinski definition) is 2. The van der Waals surface area contributed by atoms with Crippen LogP contribution >= 0.6 is 0 Å². The van der Waals surface area contributed by atoms with E-state index in [1.807, 2.05) is 18.2 Å². The summed E-state index contributed by atoms with van der Waals surface area (Å²) in [6, 6.07) is 38.2. The molecular formula is C47H41N3O2. The Morgan fingerprint density at radius 2 is 1.35 bits per heavy atom. The monoisotopic (exact) mass is 679 g/mol. The largest absolute Gasteiger partial charge is 0.456 e. The number of likely N-dealkylation sites (N-methyl/N-ethyl adjacent to an activating group) is 1. The highest BCUT2D eigenvalue weighted by atomic mass is 16.3. The molecule has 2 heterocycles. The normalized spacial score (nSPS) is 18.6. The highest BCUT2D eigenvalue weighted by Crippen LogP contribution is 2.44. The molecule has 0 spiro atoms. The van der Waals surface area contributed by atoms with Crippen LogP contribution in [0.2, 0.25) is 0 Å². The minimum atomic E-state index is -0.622. The van der Waals surface area contributed by atoms with Gasteiger partial charge in [0, 0.05) is 38.9 Å². The van der Waals surface area contributed by atoms with E-state index in [9.17, 15) is 0 Å². The van der Waals surface area contributed by atoms with E-state index in [0.717, 1.165) is 91.3 Å². The van der Waals surface area contributed by atoms with Gasteiger partial charge in [0.05, 0.1) is 12.3 Å². The lowest BCUT2D eigenvalue weighted by Gasteiger charge is -2.37. The molecule has 2 aliphatic carbocycles. The number of para-hydroxylation sites is 1. The van der Waals surface area contributed by atoms with Crippen molar-refractivity contribution in [2.24, 2.45) is 5.73 Å². The van der Waals surface area contributed by atoms with Crippen LogP contribution in [0.5, 0.6) is 0 Å². The lowest BCUT2D eigenvalue weighted by atomic mass is 9.91. The zero-order valence-electron chi connectivity index (χ0n) is 29.2. The molecule has 256 valence electrons. The van der Waals surface area contributed by atoms with Gasteiger partial charge in [-0.25, -0.2) is 0 Å². The van der Waals surface area contributed by atoms with Gasteiger partial charge in [-0.2, -0.15) is 0 Å². The number of nitrogens with zero attached hydrogens (tertiary/aromatic N) is 1. The fourth-order valence-corrected chi connectivity index (χ4v) is 8.04. The molecule has 2 aliphatic rings. The molecule has 3 N–H and O–H groups in total. The Labute approximate surface area is 304 Å². The van der Waals surface area contributed by atoms with Crippen molar-refractivity contribution < 1.29 is 8.83 Å². The van der Waals surface area contributed by atoms with Gasteiger partial charge < -0.3 is 14.6 Å². The number of benzene rings is 5. The molecule has 0 saturated heterocycles. The first kappa shape index (κ1) is 32.2. The van der Waals surface area contributed by atoms with E-state index in [4.69, 9.17) is 14.6 Å². The second-order valence-corrected chi connectivity index (χ2v) is 13.7. The molecule has 0 radical (unpaired) electrons. The third kappa shape index (κ3) is 5.73. The number of fused-ring (bicyclic) bond motifs is 6. The number of allylic oxidation sites excluding steroid dienone is 5. The Morgan fingerprint density at radius 3 is 2.13 bits per heavy atom. The van der Waals surface area contributed by atoms with Gasteiger partial charge >= 0.3 is 0 Å². The van der Waals surface area contributed by atoms with Gasteiger partial charge in [0.25, 0.3) is 0 Å². The molecule has 9 rings (SSSR count). The smallest absolute Gasteiger partial charge is 0.142 e. The van der Waals surface area contributed by atoms with Crippen molar-refractivity contribution in [3.05, 3.63) is 174 Å². The summed E-state index contributed by atoms with van der Waals surface area (Å²) in [7, 11) is 2.19. The van der Waals surface area contributed by atoms with Crippen LogP contribution in [0.4, 0.5) is 0 Å². The van der Waals surface area contributed by atoms with Crippen molar-refractivity contribution in [2.75, 3.05) is 7.05 Å². The molecule has 3 atom stereocenters. The lowest BCUT2D eigenvalue weighted by Crippen LogP contribution is -2.45. The molecule has 0 fully saturated rings. The predicted molar refractivity (Wildman–Crippen MR) is 215 cm³/mol. The van der Waals surface area contributed by atoms with Crippen LogP contribution < -0.4 is 11.1 Å². The first-order valence-corrected chi connectivity index (χ1v) is 18.2. The molecule has 3 unspecified atom stereocenters. The first-order valence-electron chi connectivity index (χ1n) is 18.2. The summed E-state index contributed by atoms with van der Waals surface area (Å²) in [5, 5.41) is 7.28. The van der Waals surface area contributed by atoms with Gasteiger partial charge in [-0.3, -0.25) is 10.2 Å². The summed E-state index contributed by atoms with van der Waals surface area (Å²) in [5.41, 5.74) is 17.7. The van der Waals surface area contributed by atoms with Gasteiger partial charge in [-0.1, -0.05) is 140 Å². The summed E-state index contributed by atoms with van der Waals surface area (Å²) in [6.07, 6.45) is 19.1. The van der Waals surface area contributed by atoms with Gasteiger partial charge in [0.15, 0.2) is 0 Å². The highest BCUT2D eigenvalue weighted by Gasteiger charge is 2.33. The van der Waals surface area contributed by atoms with Crippen LogP contribution in [0.1, 0.15) is 47.6 Å². The Bertz CT molecular complexity index is 2520. The summed E-state index contributed by atoms with van der Waals surface area (Å²) in [4.78, 5) is 2.40. The van der Waals surface area contributed by atoms with Gasteiger partial charge in [-0.05, 0) is 66.8 Å². The minimum absolute atomic E-state index is 0.0739. The van der Waals surface area contributed by atoms with E-state index in [1.54, 1.807) is 0 Å². The summed E-state index contributed by atoms with van der Waals surface area (Å²) in [5.74, 6) is 0.941. The van der Waals surface area contributed by atoms with Crippen LogP contribution in [0.3, 0.4) is 0 Å². The molecular weight excluding hydrogens is 639 g/mol. The zero-order valence-corrected chi connectivity index (χ0v) is 29.2. The van der Waals surface area contributed by atoms with E-state index in [2.05, 4.69) is 157 Å². The summed E-state index contributed by atoms with van der Waals surface area (Å²) >= 11 is 0. The molecule has 7 aromatic rings. The van der Waals surface area contributed by atoms with Gasteiger partial charge in [-0.15, -0.1) is 0 Å². The van der Waals surface area contributed by atoms with Crippen molar-refractivity contribution in [3.63, 3.8) is 0 Å². The van der Waals surface area contributed by atoms with E-state index >= 15 is 0 Å². The molecule has 5 nitrogen and oxygen atoms in total. The standard InChI is InChI=1S/C47H41N3O2/c1-50(33-21-11-3-2-4-12-22-33)47(43-35(32-19-9-6-10-20-32)28-30-39-37-24-14-16-26-41(37)52-45(39)43)49-46(48)42-34(31-17-7-5-8-18-31)27-29-38-36-23-13-15-25-40(36)51-44(38)42/h2-13,15-21,23,25-30,33,46-47,49H,14,22,24,48H2,1H3/b3-2-,12-4-,21-11+. The van der Waals surface area contributed by atoms with Gasteiger partial charge in [0.1, 0.15) is 22.5 Å². The Hall–Kier alpha value is -5.72. The van der Waals surface area contributed by atoms with Crippen LogP contribution in [-0.2, 0) is 6.42 Å². The predicted octanol–water partition coefficient (Wildman–Crippen LogP) is 11.2. The van der Waals surface area contributed by atoms with Crippen LogP contribution in [0, 0.1) is 0 Å². The average Bonchev–Trinajstić information content (AvgIpc) is 3.75. The van der Waals surface area contributed by atoms with E-state index < -0.39 is 6.17 Å². The molecule has 0 bridgehead atoms. The Kier molecular flexibility index (Phi) is 8.53. The number of hydrogen-bond acceptors (Lipinski definition) is 5. The SMILES string of the molecule is CN(C1/C=C/C=C\C=C/C1)C(NC(N)c1c(-c2ccccc2)ccc2c1oc1ccccc12)c1c(-c2ccccc2)ccc2c3c(oc12)C=CCC3. The second kappa shape index (κ2) is 13.8. The lowest BCUT2D eigenvalue weighted by molar-refractivity contribution is 0.158. The van der Waals surface area contributed by atoms with E-state index in [0.29, 0.717) is 0 Å². The second-order valence-electron chi connectivity index (χ2n) is 13.7. The van der Waals surface area contributed by atoms with Crippen molar-refractivity contribution in [3.8, 4) is 22.3 Å². The quantitative estimate of drug-likeness (QED) is 0.157. The molecule has 2 aromatic heterocycles. The maximum atomic E-state index is 7.53. The third-order valence-corrected chi connectivity index (χ3v) is 10.6. The zero-order chi connectivity index (χ0) is 35.0. The summed E-state index contributed by atoms with van der Waals surface area (Å²) < 4.78 is 13.6. The van der Waals surface area contributed by atoms with Crippen molar-refractivity contribution in [2.45, 2.75) is 37.6 Å². The molecule has 52 heavy (non-hydrogen) atoms. The van der Waals surface area contributed by atoms with Crippen LogP contribution in [0.25, 0.3) is 61.2 Å². The van der Waals surface area contributed by atoms with Crippen molar-refractivity contribution in [1.82, 2.24) is 10.2 Å². The maximum absolute atomic E-state index is 7.53. The fourth-order valence-electron chi connectivity index (χ4n) is 8.04. The van der Waals surface area contributed by atoms with Crippen LogP contribution in [0.15, 0.2) is 161 Å². The summed E-state index contributed by atoms with van der Waals surface area (Å²) in [6.45, 7) is 0. The molecule has 0 aliphatic heterocycles. The minimum Gasteiger partial charge on any atom is -0.456 e. The number of nitrogens with one attached hydrogen (secondary N) is 1. The number of furan rings is 2.